The summed E-state index contributed by atoms with van der Waals surface area (Å²) in [6, 6.07) is 9.98. The standard InChI is InChI=1S/C18H16BrFN2O3/c1-21(9-11-6-7-15(25-2)13(20)8-11)10-22-14-5-3-4-12(19)16(14)17(23)18(22)24/h3-8H,9-10H2,1-2H3. The predicted octanol–water partition coefficient (Wildman–Crippen LogP) is 3.22. The number of ketones is 1. The van der Waals surface area contributed by atoms with Crippen molar-refractivity contribution in [3.63, 3.8) is 0 Å². The molecule has 1 amide bonds. The maximum atomic E-state index is 13.8. The number of fused-ring (bicyclic) bond motifs is 1. The Kier molecular flexibility index (Phi) is 4.87. The molecule has 1 aliphatic heterocycles. The third kappa shape index (κ3) is 3.29. The van der Waals surface area contributed by atoms with Crippen LogP contribution in [0.25, 0.3) is 0 Å². The van der Waals surface area contributed by atoms with Gasteiger partial charge in [0.15, 0.2) is 11.6 Å². The lowest BCUT2D eigenvalue weighted by molar-refractivity contribution is -0.114. The maximum Gasteiger partial charge on any atom is 0.300 e. The Hall–Kier alpha value is -2.25. The van der Waals surface area contributed by atoms with Gasteiger partial charge in [-0.1, -0.05) is 12.1 Å². The number of carbonyl (C=O) groups excluding carboxylic acids is 2. The third-order valence-electron chi connectivity index (χ3n) is 4.00. The Morgan fingerprint density at radius 2 is 2.00 bits per heavy atom. The topological polar surface area (TPSA) is 49.9 Å². The molecule has 0 radical (unpaired) electrons. The van der Waals surface area contributed by atoms with Crippen molar-refractivity contribution in [2.45, 2.75) is 6.54 Å². The van der Waals surface area contributed by atoms with Gasteiger partial charge < -0.3 is 4.74 Å². The number of methoxy groups -OCH3 is 1. The normalized spacial score (nSPS) is 13.6. The first-order chi connectivity index (χ1) is 11.9. The number of rotatable bonds is 5. The number of carbonyl (C=O) groups is 2. The van der Waals surface area contributed by atoms with Gasteiger partial charge >= 0.3 is 5.91 Å². The van der Waals surface area contributed by atoms with Gasteiger partial charge in [0.2, 0.25) is 0 Å². The van der Waals surface area contributed by atoms with E-state index in [9.17, 15) is 14.0 Å². The van der Waals surface area contributed by atoms with Crippen LogP contribution >= 0.6 is 15.9 Å². The van der Waals surface area contributed by atoms with Crippen molar-refractivity contribution in [2.24, 2.45) is 0 Å². The molecule has 7 heteroatoms. The van der Waals surface area contributed by atoms with Gasteiger partial charge in [-0.25, -0.2) is 4.39 Å². The number of hydrogen-bond donors (Lipinski definition) is 0. The molecule has 1 heterocycles. The zero-order valence-electron chi connectivity index (χ0n) is 13.8. The molecule has 1 aliphatic rings. The molecule has 130 valence electrons. The molecule has 5 nitrogen and oxygen atoms in total. The largest absolute Gasteiger partial charge is 0.494 e. The second-order valence-electron chi connectivity index (χ2n) is 5.82. The smallest absolute Gasteiger partial charge is 0.300 e. The van der Waals surface area contributed by atoms with E-state index in [2.05, 4.69) is 15.9 Å². The monoisotopic (exact) mass is 406 g/mol. The zero-order chi connectivity index (χ0) is 18.1. The Morgan fingerprint density at radius 3 is 2.68 bits per heavy atom. The second-order valence-corrected chi connectivity index (χ2v) is 6.68. The summed E-state index contributed by atoms with van der Waals surface area (Å²) in [5, 5.41) is 0. The van der Waals surface area contributed by atoms with E-state index in [0.29, 0.717) is 22.3 Å². The fourth-order valence-corrected chi connectivity index (χ4v) is 3.39. The highest BCUT2D eigenvalue weighted by Gasteiger charge is 2.37. The Morgan fingerprint density at radius 1 is 1.24 bits per heavy atom. The molecule has 0 aliphatic carbocycles. The van der Waals surface area contributed by atoms with Crippen molar-refractivity contribution in [3.8, 4) is 5.75 Å². The number of benzene rings is 2. The van der Waals surface area contributed by atoms with E-state index in [1.165, 1.54) is 18.1 Å². The van der Waals surface area contributed by atoms with Gasteiger partial charge in [-0.15, -0.1) is 0 Å². The summed E-state index contributed by atoms with van der Waals surface area (Å²) < 4.78 is 19.3. The molecule has 25 heavy (non-hydrogen) atoms. The first kappa shape index (κ1) is 17.6. The van der Waals surface area contributed by atoms with Crippen LogP contribution in [0.2, 0.25) is 0 Å². The summed E-state index contributed by atoms with van der Waals surface area (Å²) in [6.07, 6.45) is 0. The SMILES string of the molecule is COc1ccc(CN(C)CN2C(=O)C(=O)c3c(Br)cccc32)cc1F. The highest BCUT2D eigenvalue weighted by molar-refractivity contribution is 9.10. The molecule has 0 fully saturated rings. The van der Waals surface area contributed by atoms with Crippen LogP contribution < -0.4 is 9.64 Å². The van der Waals surface area contributed by atoms with Gasteiger partial charge in [-0.2, -0.15) is 0 Å². The minimum atomic E-state index is -0.560. The summed E-state index contributed by atoms with van der Waals surface area (Å²) in [5.41, 5.74) is 1.71. The molecule has 0 atom stereocenters. The maximum absolute atomic E-state index is 13.8. The Balaban J connectivity index is 1.77. The van der Waals surface area contributed by atoms with Gasteiger partial charge in [0, 0.05) is 11.0 Å². The van der Waals surface area contributed by atoms with Gasteiger partial charge in [0.25, 0.3) is 5.78 Å². The van der Waals surface area contributed by atoms with Crippen LogP contribution in [-0.2, 0) is 11.3 Å². The minimum Gasteiger partial charge on any atom is -0.494 e. The van der Waals surface area contributed by atoms with E-state index < -0.39 is 17.5 Å². The lowest BCUT2D eigenvalue weighted by Crippen LogP contribution is -2.38. The number of amides is 1. The number of ether oxygens (including phenoxy) is 1. The van der Waals surface area contributed by atoms with Crippen LogP contribution in [0.4, 0.5) is 10.1 Å². The first-order valence-corrected chi connectivity index (χ1v) is 8.37. The van der Waals surface area contributed by atoms with E-state index in [0.717, 1.165) is 5.56 Å². The highest BCUT2D eigenvalue weighted by Crippen LogP contribution is 2.34. The van der Waals surface area contributed by atoms with Crippen LogP contribution in [0.5, 0.6) is 5.75 Å². The van der Waals surface area contributed by atoms with Crippen molar-refractivity contribution in [1.29, 1.82) is 0 Å². The summed E-state index contributed by atoms with van der Waals surface area (Å²) in [4.78, 5) is 27.7. The fraction of sp³-hybridized carbons (Fsp3) is 0.222. The lowest BCUT2D eigenvalue weighted by atomic mass is 10.1. The van der Waals surface area contributed by atoms with Crippen molar-refractivity contribution >= 4 is 33.3 Å². The second kappa shape index (κ2) is 6.93. The quantitative estimate of drug-likeness (QED) is 0.715. The zero-order valence-corrected chi connectivity index (χ0v) is 15.3. The molecule has 0 saturated heterocycles. The number of Topliss-reactive ketones (excluding diaryl/α,β-unsaturated/α-hetero) is 1. The Labute approximate surface area is 153 Å². The van der Waals surface area contributed by atoms with Crippen molar-refractivity contribution in [3.05, 3.63) is 57.8 Å². The number of hydrogen-bond acceptors (Lipinski definition) is 4. The minimum absolute atomic E-state index is 0.186. The molecule has 0 unspecified atom stereocenters. The average Bonchev–Trinajstić information content (AvgIpc) is 2.81. The van der Waals surface area contributed by atoms with Crippen LogP contribution in [0.15, 0.2) is 40.9 Å². The lowest BCUT2D eigenvalue weighted by Gasteiger charge is -2.24. The summed E-state index contributed by atoms with van der Waals surface area (Å²) >= 11 is 3.32. The third-order valence-corrected chi connectivity index (χ3v) is 4.66. The summed E-state index contributed by atoms with van der Waals surface area (Å²) in [7, 11) is 3.21. The summed E-state index contributed by atoms with van der Waals surface area (Å²) in [5.74, 6) is -1.33. The molecule has 0 bridgehead atoms. The predicted molar refractivity (Wildman–Crippen MR) is 95.2 cm³/mol. The molecule has 0 aromatic heterocycles. The van der Waals surface area contributed by atoms with Gasteiger partial charge in [0.1, 0.15) is 0 Å². The molecule has 0 saturated carbocycles. The van der Waals surface area contributed by atoms with Crippen LogP contribution in [-0.4, -0.2) is 37.4 Å². The first-order valence-electron chi connectivity index (χ1n) is 7.58. The molecule has 2 aromatic rings. The number of halogens is 2. The van der Waals surface area contributed by atoms with E-state index in [-0.39, 0.29) is 12.4 Å². The van der Waals surface area contributed by atoms with E-state index in [1.807, 2.05) is 4.90 Å². The van der Waals surface area contributed by atoms with E-state index in [1.54, 1.807) is 37.4 Å². The summed E-state index contributed by atoms with van der Waals surface area (Å²) in [6.45, 7) is 0.643. The van der Waals surface area contributed by atoms with Crippen LogP contribution in [0.3, 0.4) is 0 Å². The van der Waals surface area contributed by atoms with Gasteiger partial charge in [-0.3, -0.25) is 19.4 Å². The van der Waals surface area contributed by atoms with Crippen LogP contribution in [0, 0.1) is 5.82 Å². The molecule has 0 N–H and O–H groups in total. The molecule has 0 spiro atoms. The van der Waals surface area contributed by atoms with Crippen molar-refractivity contribution in [1.82, 2.24) is 4.90 Å². The molecule has 3 rings (SSSR count). The molecular weight excluding hydrogens is 391 g/mol. The molecular formula is C18H16BrFN2O3. The van der Waals surface area contributed by atoms with E-state index >= 15 is 0 Å². The number of anilines is 1. The average molecular weight is 407 g/mol. The van der Waals surface area contributed by atoms with Gasteiger partial charge in [-0.05, 0) is 52.8 Å². The Bertz CT molecular complexity index is 856. The van der Waals surface area contributed by atoms with Gasteiger partial charge in [0.05, 0.1) is 25.0 Å². The number of nitrogens with zero attached hydrogens (tertiary/aromatic N) is 2. The fourth-order valence-electron chi connectivity index (χ4n) is 2.85. The van der Waals surface area contributed by atoms with Crippen molar-refractivity contribution in [2.75, 3.05) is 25.7 Å². The van der Waals surface area contributed by atoms with Crippen molar-refractivity contribution < 1.29 is 18.7 Å². The van der Waals surface area contributed by atoms with Crippen LogP contribution in [0.1, 0.15) is 15.9 Å². The highest BCUT2D eigenvalue weighted by atomic mass is 79.9. The van der Waals surface area contributed by atoms with E-state index in [4.69, 9.17) is 4.74 Å². The molecule has 2 aromatic carbocycles.